The highest BCUT2D eigenvalue weighted by atomic mass is 35.5. The molecule has 0 radical (unpaired) electrons. The topological polar surface area (TPSA) is 43.6 Å². The lowest BCUT2D eigenvalue weighted by molar-refractivity contribution is -0.120. The van der Waals surface area contributed by atoms with Crippen molar-refractivity contribution >= 4 is 50.7 Å². The average molecular weight is 423 g/mol. The third kappa shape index (κ3) is 4.54. The second kappa shape index (κ2) is 8.46. The van der Waals surface area contributed by atoms with E-state index in [1.807, 2.05) is 0 Å². The first-order valence-electron chi connectivity index (χ1n) is 8.65. The normalized spacial score (nSPS) is 12.0. The van der Waals surface area contributed by atoms with E-state index in [2.05, 4.69) is 42.5 Å². The molecule has 27 heavy (non-hydrogen) atoms. The fraction of sp³-hybridized carbons (Fsp3) is 0.300. The zero-order valence-electron chi connectivity index (χ0n) is 15.4. The lowest BCUT2D eigenvalue weighted by atomic mass is 10.1. The van der Waals surface area contributed by atoms with Crippen LogP contribution in [-0.4, -0.2) is 17.1 Å². The first-order chi connectivity index (χ1) is 12.9. The number of benzene rings is 2. The number of halogens is 2. The Morgan fingerprint density at radius 1 is 1.19 bits per heavy atom. The highest BCUT2D eigenvalue weighted by Gasteiger charge is 2.10. The van der Waals surface area contributed by atoms with Gasteiger partial charge in [-0.05, 0) is 61.7 Å². The largest absolute Gasteiger partial charge is 0.482 e. The Balaban J connectivity index is 1.89. The number of aromatic nitrogens is 1. The van der Waals surface area contributed by atoms with Crippen LogP contribution in [0.5, 0.6) is 5.75 Å². The summed E-state index contributed by atoms with van der Waals surface area (Å²) in [5.41, 5.74) is 3.56. The van der Waals surface area contributed by atoms with Gasteiger partial charge in [-0.15, -0.1) is 0 Å². The number of fused-ring (bicyclic) bond motifs is 1. The molecule has 3 aromatic rings. The molecular formula is C20H20Cl2N2O2S. The summed E-state index contributed by atoms with van der Waals surface area (Å²) in [5, 5.41) is 0.879. The molecule has 0 saturated heterocycles. The van der Waals surface area contributed by atoms with Crippen LogP contribution in [0, 0.1) is 13.8 Å². The molecular weight excluding hydrogens is 403 g/mol. The minimum atomic E-state index is -0.356. The number of hydrogen-bond donors (Lipinski definition) is 0. The molecule has 0 unspecified atom stereocenters. The number of aryl methyl sites for hydroxylation is 3. The zero-order chi connectivity index (χ0) is 19.6. The number of nitrogens with zero attached hydrogens (tertiary/aromatic N) is 2. The lowest BCUT2D eigenvalue weighted by Gasteiger charge is -2.06. The molecule has 4 nitrogen and oxygen atoms in total. The van der Waals surface area contributed by atoms with Crippen molar-refractivity contribution in [3.63, 3.8) is 0 Å². The molecule has 0 spiro atoms. The molecule has 7 heteroatoms. The molecule has 142 valence electrons. The molecule has 0 aliphatic heterocycles. The monoisotopic (exact) mass is 422 g/mol. The number of amides is 1. The summed E-state index contributed by atoms with van der Waals surface area (Å²) >= 11 is 13.5. The summed E-state index contributed by atoms with van der Waals surface area (Å²) in [7, 11) is 0. The quantitative estimate of drug-likeness (QED) is 0.541. The van der Waals surface area contributed by atoms with E-state index in [0.29, 0.717) is 20.6 Å². The van der Waals surface area contributed by atoms with Gasteiger partial charge in [0.1, 0.15) is 5.75 Å². The van der Waals surface area contributed by atoms with E-state index < -0.39 is 0 Å². The minimum Gasteiger partial charge on any atom is -0.482 e. The van der Waals surface area contributed by atoms with Crippen molar-refractivity contribution < 1.29 is 9.53 Å². The van der Waals surface area contributed by atoms with E-state index in [9.17, 15) is 4.79 Å². The van der Waals surface area contributed by atoms with Crippen molar-refractivity contribution in [1.29, 1.82) is 0 Å². The molecule has 1 amide bonds. The Hall–Kier alpha value is -1.82. The van der Waals surface area contributed by atoms with Gasteiger partial charge in [-0.25, -0.2) is 0 Å². The smallest absolute Gasteiger partial charge is 0.286 e. The van der Waals surface area contributed by atoms with Crippen LogP contribution in [0.4, 0.5) is 0 Å². The molecule has 0 saturated carbocycles. The second-order valence-electron chi connectivity index (χ2n) is 6.31. The third-order valence-corrected chi connectivity index (χ3v) is 5.78. The molecule has 1 heterocycles. The van der Waals surface area contributed by atoms with E-state index in [4.69, 9.17) is 27.9 Å². The fourth-order valence-corrected chi connectivity index (χ4v) is 4.33. The van der Waals surface area contributed by atoms with Gasteiger partial charge in [-0.1, -0.05) is 41.5 Å². The van der Waals surface area contributed by atoms with Gasteiger partial charge in [0.2, 0.25) is 0 Å². The van der Waals surface area contributed by atoms with Crippen LogP contribution in [-0.2, 0) is 11.3 Å². The molecule has 0 N–H and O–H groups in total. The summed E-state index contributed by atoms with van der Waals surface area (Å²) in [6.07, 6.45) is 0.955. The minimum absolute atomic E-state index is 0.181. The average Bonchev–Trinajstić information content (AvgIpc) is 2.91. The Morgan fingerprint density at radius 3 is 2.63 bits per heavy atom. The van der Waals surface area contributed by atoms with Crippen LogP contribution in [0.25, 0.3) is 10.2 Å². The molecule has 0 atom stereocenters. The SMILES string of the molecule is CCCn1c(=NC(=O)COc2ccc(Cl)cc2Cl)sc2cc(C)c(C)cc21. The summed E-state index contributed by atoms with van der Waals surface area (Å²) in [5.74, 6) is 0.0551. The number of thiazole rings is 1. The maximum atomic E-state index is 12.4. The number of carbonyl (C=O) groups excluding carboxylic acids is 1. The van der Waals surface area contributed by atoms with E-state index >= 15 is 0 Å². The van der Waals surface area contributed by atoms with Crippen LogP contribution in [0.2, 0.25) is 10.0 Å². The van der Waals surface area contributed by atoms with E-state index in [-0.39, 0.29) is 12.5 Å². The highest BCUT2D eigenvalue weighted by molar-refractivity contribution is 7.16. The van der Waals surface area contributed by atoms with Crippen LogP contribution >= 0.6 is 34.5 Å². The molecule has 3 rings (SSSR count). The van der Waals surface area contributed by atoms with Gasteiger partial charge in [0, 0.05) is 11.6 Å². The van der Waals surface area contributed by atoms with Crippen molar-refractivity contribution in [2.45, 2.75) is 33.7 Å². The van der Waals surface area contributed by atoms with Crippen LogP contribution in [0.3, 0.4) is 0 Å². The number of rotatable bonds is 5. The Kier molecular flexibility index (Phi) is 6.25. The van der Waals surface area contributed by atoms with Gasteiger partial charge in [0.25, 0.3) is 5.91 Å². The Morgan fingerprint density at radius 2 is 1.93 bits per heavy atom. The summed E-state index contributed by atoms with van der Waals surface area (Å²) in [6.45, 7) is 6.91. The van der Waals surface area contributed by atoms with Crippen LogP contribution < -0.4 is 9.54 Å². The maximum Gasteiger partial charge on any atom is 0.286 e. The number of carbonyl (C=O) groups is 1. The fourth-order valence-electron chi connectivity index (χ4n) is 2.72. The van der Waals surface area contributed by atoms with Gasteiger partial charge in [0.05, 0.1) is 15.2 Å². The van der Waals surface area contributed by atoms with Crippen molar-refractivity contribution in [3.8, 4) is 5.75 Å². The number of hydrogen-bond acceptors (Lipinski definition) is 3. The van der Waals surface area contributed by atoms with Gasteiger partial charge in [0.15, 0.2) is 11.4 Å². The van der Waals surface area contributed by atoms with E-state index in [1.54, 1.807) is 18.2 Å². The molecule has 0 fully saturated rings. The van der Waals surface area contributed by atoms with Crippen LogP contribution in [0.15, 0.2) is 35.3 Å². The van der Waals surface area contributed by atoms with Gasteiger partial charge in [-0.2, -0.15) is 4.99 Å². The molecule has 0 aliphatic carbocycles. The van der Waals surface area contributed by atoms with Gasteiger partial charge < -0.3 is 9.30 Å². The Bertz CT molecular complexity index is 1070. The highest BCUT2D eigenvalue weighted by Crippen LogP contribution is 2.27. The summed E-state index contributed by atoms with van der Waals surface area (Å²) in [6, 6.07) is 9.18. The Labute approximate surface area is 172 Å². The standard InChI is InChI=1S/C20H20Cl2N2O2S/c1-4-7-24-16-8-12(2)13(3)9-18(16)27-20(24)23-19(25)11-26-17-6-5-14(21)10-15(17)22/h5-6,8-10H,4,7,11H2,1-3H3. The third-order valence-electron chi connectivity index (χ3n) is 4.21. The summed E-state index contributed by atoms with van der Waals surface area (Å²) < 4.78 is 8.72. The van der Waals surface area contributed by atoms with Crippen molar-refractivity contribution in [2.24, 2.45) is 4.99 Å². The maximum absolute atomic E-state index is 12.4. The molecule has 0 aliphatic rings. The molecule has 1 aromatic heterocycles. The number of ether oxygens (including phenoxy) is 1. The first-order valence-corrected chi connectivity index (χ1v) is 10.2. The predicted octanol–water partition coefficient (Wildman–Crippen LogP) is 5.54. The summed E-state index contributed by atoms with van der Waals surface area (Å²) in [4.78, 5) is 17.3. The second-order valence-corrected chi connectivity index (χ2v) is 8.16. The molecule has 0 bridgehead atoms. The zero-order valence-corrected chi connectivity index (χ0v) is 17.7. The van der Waals surface area contributed by atoms with Crippen molar-refractivity contribution in [1.82, 2.24) is 4.57 Å². The van der Waals surface area contributed by atoms with Gasteiger partial charge in [-0.3, -0.25) is 4.79 Å². The first kappa shape index (κ1) is 19.9. The van der Waals surface area contributed by atoms with E-state index in [1.165, 1.54) is 22.5 Å². The van der Waals surface area contributed by atoms with Crippen molar-refractivity contribution in [2.75, 3.05) is 6.61 Å². The van der Waals surface area contributed by atoms with Crippen LogP contribution in [0.1, 0.15) is 24.5 Å². The van der Waals surface area contributed by atoms with E-state index in [0.717, 1.165) is 23.2 Å². The predicted molar refractivity (Wildman–Crippen MR) is 112 cm³/mol. The lowest BCUT2D eigenvalue weighted by Crippen LogP contribution is -2.19. The molecule has 2 aromatic carbocycles. The van der Waals surface area contributed by atoms with Crippen molar-refractivity contribution in [3.05, 3.63) is 56.3 Å². The van der Waals surface area contributed by atoms with Gasteiger partial charge >= 0.3 is 0 Å².